The maximum atomic E-state index is 12.7. The highest BCUT2D eigenvalue weighted by Gasteiger charge is 2.23. The largest absolute Gasteiger partial charge is 0.447 e. The molecule has 1 amide bonds. The molecule has 45 heavy (non-hydrogen) atoms. The molecule has 0 saturated carbocycles. The molecule has 3 aromatic rings. The van der Waals surface area contributed by atoms with Crippen molar-refractivity contribution in [3.63, 3.8) is 0 Å². The van der Waals surface area contributed by atoms with Gasteiger partial charge in [0.15, 0.2) is 5.58 Å². The van der Waals surface area contributed by atoms with Gasteiger partial charge in [-0.2, -0.15) is 0 Å². The number of hydrogen-bond donors (Lipinski definition) is 3. The van der Waals surface area contributed by atoms with E-state index in [2.05, 4.69) is 60.0 Å². The Bertz CT molecular complexity index is 1230. The summed E-state index contributed by atoms with van der Waals surface area (Å²) in [5.41, 5.74) is 2.76. The summed E-state index contributed by atoms with van der Waals surface area (Å²) in [6.07, 6.45) is 7.11. The summed E-state index contributed by atoms with van der Waals surface area (Å²) in [6, 6.07) is 8.06. The van der Waals surface area contributed by atoms with Gasteiger partial charge in [0.1, 0.15) is 29.1 Å². The quantitative estimate of drug-likeness (QED) is 0.212. The Morgan fingerprint density at radius 2 is 1.82 bits per heavy atom. The van der Waals surface area contributed by atoms with Gasteiger partial charge in [-0.3, -0.25) is 4.79 Å². The van der Waals surface area contributed by atoms with Crippen molar-refractivity contribution < 1.29 is 23.8 Å². The Labute approximate surface area is 269 Å². The fraction of sp³-hybridized carbons (Fsp3) is 0.588. The van der Waals surface area contributed by atoms with Gasteiger partial charge in [-0.15, -0.1) is 0 Å². The maximum absolute atomic E-state index is 12.7. The number of carbonyl (C=O) groups excluding carboxylic acids is 2. The molecule has 0 aromatic carbocycles. The number of nitrogens with one attached hydrogen (secondary N) is 2. The minimum atomic E-state index is -0.373. The number of pyridine rings is 2. The molecule has 0 radical (unpaired) electrons. The molecule has 11 heteroatoms. The number of nitrogens with zero attached hydrogens (tertiary/aromatic N) is 4. The molecule has 3 N–H and O–H groups in total. The van der Waals surface area contributed by atoms with Crippen LogP contribution in [0.25, 0.3) is 11.1 Å². The lowest BCUT2D eigenvalue weighted by Crippen LogP contribution is -2.36. The molecule has 1 atom stereocenters. The third-order valence-corrected chi connectivity index (χ3v) is 6.80. The highest BCUT2D eigenvalue weighted by Crippen LogP contribution is 2.31. The van der Waals surface area contributed by atoms with Gasteiger partial charge < -0.3 is 39.5 Å². The van der Waals surface area contributed by atoms with Crippen molar-refractivity contribution in [2.45, 2.75) is 80.2 Å². The number of rotatable bonds is 11. The van der Waals surface area contributed by atoms with Crippen LogP contribution in [0, 0.1) is 6.92 Å². The first kappa shape index (κ1) is 39.5. The average molecular weight is 629 g/mol. The fourth-order valence-electron chi connectivity index (χ4n) is 4.61. The molecule has 1 aliphatic rings. The van der Waals surface area contributed by atoms with E-state index in [1.807, 2.05) is 25.1 Å². The Kier molecular flexibility index (Phi) is 20.1. The van der Waals surface area contributed by atoms with Gasteiger partial charge in [0.2, 0.25) is 5.76 Å². The van der Waals surface area contributed by atoms with Gasteiger partial charge >= 0.3 is 0 Å². The van der Waals surface area contributed by atoms with Crippen LogP contribution in [0.2, 0.25) is 0 Å². The molecule has 3 aromatic heterocycles. The van der Waals surface area contributed by atoms with E-state index in [0.717, 1.165) is 50.3 Å². The Hall–Kier alpha value is -3.54. The fourth-order valence-corrected chi connectivity index (χ4v) is 4.61. The van der Waals surface area contributed by atoms with E-state index in [0.29, 0.717) is 48.5 Å². The number of anilines is 3. The second-order valence-electron chi connectivity index (χ2n) is 10.6. The van der Waals surface area contributed by atoms with Crippen LogP contribution in [0.3, 0.4) is 0 Å². The monoisotopic (exact) mass is 628 g/mol. The number of aryl methyl sites for hydroxylation is 1. The SMILES string of the molecule is CC=O.CCC.CCCC(C)N(CC)CCCO.CNc1c(C(=O)Nc2ccc(C)cn2)oc2ccc(N3CCOCC3)nc12. The lowest BCUT2D eigenvalue weighted by molar-refractivity contribution is -0.106. The normalized spacial score (nSPS) is 13.0. The average Bonchev–Trinajstić information content (AvgIpc) is 3.42. The van der Waals surface area contributed by atoms with Crippen molar-refractivity contribution in [3.8, 4) is 0 Å². The van der Waals surface area contributed by atoms with Gasteiger partial charge in [-0.1, -0.05) is 46.6 Å². The van der Waals surface area contributed by atoms with Crippen LogP contribution >= 0.6 is 0 Å². The van der Waals surface area contributed by atoms with Crippen LogP contribution < -0.4 is 15.5 Å². The number of aliphatic hydroxyl groups excluding tert-OH is 1. The molecule has 1 aliphatic heterocycles. The molecule has 0 aliphatic carbocycles. The van der Waals surface area contributed by atoms with E-state index >= 15 is 0 Å². The first-order chi connectivity index (χ1) is 21.7. The number of ether oxygens (including phenoxy) is 1. The molecular formula is C34H56N6O5. The molecule has 252 valence electrons. The third kappa shape index (κ3) is 13.5. The molecule has 0 bridgehead atoms. The lowest BCUT2D eigenvalue weighted by atomic mass is 10.1. The molecule has 1 saturated heterocycles. The minimum absolute atomic E-state index is 0.182. The van der Waals surface area contributed by atoms with E-state index < -0.39 is 0 Å². The van der Waals surface area contributed by atoms with Crippen LogP contribution in [0.4, 0.5) is 17.3 Å². The summed E-state index contributed by atoms with van der Waals surface area (Å²) in [5, 5.41) is 14.5. The summed E-state index contributed by atoms with van der Waals surface area (Å²) >= 11 is 0. The zero-order chi connectivity index (χ0) is 33.6. The van der Waals surface area contributed by atoms with Crippen molar-refractivity contribution in [1.29, 1.82) is 0 Å². The number of carbonyl (C=O) groups is 2. The number of aldehydes is 1. The van der Waals surface area contributed by atoms with E-state index in [4.69, 9.17) is 24.0 Å². The summed E-state index contributed by atoms with van der Waals surface area (Å²) < 4.78 is 11.2. The number of fused-ring (bicyclic) bond motifs is 1. The Morgan fingerprint density at radius 3 is 2.36 bits per heavy atom. The number of aliphatic hydroxyl groups is 1. The first-order valence-corrected chi connectivity index (χ1v) is 16.2. The van der Waals surface area contributed by atoms with Crippen LogP contribution in [0.1, 0.15) is 83.3 Å². The molecule has 4 rings (SSSR count). The zero-order valence-electron chi connectivity index (χ0n) is 28.7. The van der Waals surface area contributed by atoms with Crippen LogP contribution in [-0.4, -0.2) is 91.3 Å². The van der Waals surface area contributed by atoms with Gasteiger partial charge in [-0.05, 0) is 63.9 Å². The maximum Gasteiger partial charge on any atom is 0.294 e. The van der Waals surface area contributed by atoms with Crippen molar-refractivity contribution in [2.75, 3.05) is 68.6 Å². The standard InChI is InChI=1S/C19H21N5O3.C10H23NO.C3H8.C2H4O/c1-12-3-5-14(21-11-12)22-19(25)18-17(20-2)16-13(27-18)4-6-15(23-16)24-7-9-26-10-8-24;1-4-7-10(3)11(5-2)8-6-9-12;1-3-2;1-2-3/h3-6,11,20H,7-10H2,1-2H3,(H,21,22,25);10,12H,4-9H2,1-3H3;3H2,1-2H3;2H,1H3. The Morgan fingerprint density at radius 1 is 1.16 bits per heavy atom. The van der Waals surface area contributed by atoms with E-state index in [9.17, 15) is 4.79 Å². The Balaban J connectivity index is 0.000000471. The first-order valence-electron chi connectivity index (χ1n) is 16.2. The molecule has 4 heterocycles. The topological polar surface area (TPSA) is 133 Å². The van der Waals surface area contributed by atoms with Crippen LogP contribution in [-0.2, 0) is 9.53 Å². The van der Waals surface area contributed by atoms with Gasteiger partial charge in [0.25, 0.3) is 5.91 Å². The summed E-state index contributed by atoms with van der Waals surface area (Å²) in [7, 11) is 1.74. The van der Waals surface area contributed by atoms with Gasteiger partial charge in [0, 0.05) is 45.5 Å². The molecule has 0 spiro atoms. The highest BCUT2D eigenvalue weighted by molar-refractivity contribution is 6.10. The lowest BCUT2D eigenvalue weighted by Gasteiger charge is -2.27. The molecule has 11 nitrogen and oxygen atoms in total. The molecule has 1 fully saturated rings. The van der Waals surface area contributed by atoms with Crippen molar-refractivity contribution >= 4 is 40.6 Å². The minimum Gasteiger partial charge on any atom is -0.447 e. The van der Waals surface area contributed by atoms with E-state index in [1.165, 1.54) is 26.2 Å². The van der Waals surface area contributed by atoms with Gasteiger partial charge in [0.05, 0.1) is 13.2 Å². The number of aromatic nitrogens is 2. The number of amides is 1. The number of hydrogen-bond acceptors (Lipinski definition) is 10. The molecular weight excluding hydrogens is 572 g/mol. The predicted molar refractivity (Wildman–Crippen MR) is 185 cm³/mol. The van der Waals surface area contributed by atoms with Crippen LogP contribution in [0.5, 0.6) is 0 Å². The van der Waals surface area contributed by atoms with Crippen molar-refractivity contribution in [2.24, 2.45) is 0 Å². The third-order valence-electron chi connectivity index (χ3n) is 6.80. The van der Waals surface area contributed by atoms with E-state index in [-0.39, 0.29) is 11.7 Å². The van der Waals surface area contributed by atoms with Crippen LogP contribution in [0.15, 0.2) is 34.9 Å². The van der Waals surface area contributed by atoms with E-state index in [1.54, 1.807) is 19.3 Å². The summed E-state index contributed by atoms with van der Waals surface area (Å²) in [5.74, 6) is 1.12. The zero-order valence-corrected chi connectivity index (χ0v) is 28.7. The second kappa shape index (κ2) is 22.9. The predicted octanol–water partition coefficient (Wildman–Crippen LogP) is 6.16. The second-order valence-corrected chi connectivity index (χ2v) is 10.6. The van der Waals surface area contributed by atoms with Crippen molar-refractivity contribution in [3.05, 3.63) is 41.8 Å². The number of furan rings is 1. The van der Waals surface area contributed by atoms with Crippen molar-refractivity contribution in [1.82, 2.24) is 14.9 Å². The smallest absolute Gasteiger partial charge is 0.294 e. The highest BCUT2D eigenvalue weighted by atomic mass is 16.5. The summed E-state index contributed by atoms with van der Waals surface area (Å²) in [4.78, 5) is 35.0. The van der Waals surface area contributed by atoms with Gasteiger partial charge in [-0.25, -0.2) is 9.97 Å². The molecule has 1 unspecified atom stereocenters. The number of morpholine rings is 1. The summed E-state index contributed by atoms with van der Waals surface area (Å²) in [6.45, 7) is 19.7.